The molecule has 284 valence electrons. The summed E-state index contributed by atoms with van der Waals surface area (Å²) in [4.78, 5) is 83.8. The van der Waals surface area contributed by atoms with Crippen LogP contribution in [0.15, 0.2) is 9.98 Å². The standard InChI is InChI=1S/C19H34N8O4.C11H21N5O2.CH4/c1-2-3-5-11-17(30)25-12(8-24-11)15(28)10-27-9-13(16(20)29)26-18(31)14(27)6-4-7-23-19(21)22;1-7(17)8-6-16(2)9(10(18)15-8)4-3-5-14-11(12)13;/h11-14,24H,2-10H2,1H3,(H2,20,29)(H,25,30)(H,26,31)(H4,21,22,23);8-9H,3-6H2,1-2H3,(H,15,18)(H4,12,13,14);1H4/t11-,12+,13+,14-;8-,9+;/m01./s1. The Kier molecular flexibility index (Phi) is 18.9. The van der Waals surface area contributed by atoms with E-state index in [0.29, 0.717) is 51.9 Å². The molecular formula is C31H59N13O6. The van der Waals surface area contributed by atoms with Gasteiger partial charge in [-0.15, -0.1) is 0 Å². The molecule has 0 bridgehead atoms. The Morgan fingerprint density at radius 3 is 1.80 bits per heavy atom. The van der Waals surface area contributed by atoms with Crippen LogP contribution in [0.25, 0.3) is 0 Å². The van der Waals surface area contributed by atoms with Crippen LogP contribution in [0.3, 0.4) is 0 Å². The number of primary amides is 1. The van der Waals surface area contributed by atoms with Crippen LogP contribution in [-0.4, -0.2) is 139 Å². The van der Waals surface area contributed by atoms with E-state index in [1.165, 1.54) is 6.92 Å². The van der Waals surface area contributed by atoms with E-state index in [-0.39, 0.29) is 73.8 Å². The number of nitrogens with zero attached hydrogens (tertiary/aromatic N) is 4. The second-order valence-electron chi connectivity index (χ2n) is 12.6. The number of amides is 4. The summed E-state index contributed by atoms with van der Waals surface area (Å²) in [6, 6.07) is -3.10. The van der Waals surface area contributed by atoms with Crippen molar-refractivity contribution < 1.29 is 28.8 Å². The number of hydrogen-bond acceptors (Lipinski definition) is 11. The van der Waals surface area contributed by atoms with Crippen molar-refractivity contribution in [3.63, 3.8) is 0 Å². The first-order valence-electron chi connectivity index (χ1n) is 16.7. The van der Waals surface area contributed by atoms with E-state index in [4.69, 9.17) is 28.7 Å². The maximum absolute atomic E-state index is 12.9. The minimum atomic E-state index is -0.883. The SMILES string of the molecule is C.CC(=O)[C@H]1CN(C)[C@@H](CCCN=C(N)N)C(=O)N1.CCCC[C@@H]1NC[C@H](C(=O)CN2C[C@H](C(N)=O)NC(=O)[C@@H]2CCCN=C(N)N)NC1=O. The molecule has 0 aromatic heterocycles. The van der Waals surface area contributed by atoms with Crippen LogP contribution in [0.5, 0.6) is 0 Å². The lowest BCUT2D eigenvalue weighted by molar-refractivity contribution is -0.139. The lowest BCUT2D eigenvalue weighted by atomic mass is 10.00. The minimum Gasteiger partial charge on any atom is -0.370 e. The first kappa shape index (κ1) is 43.7. The molecule has 0 aromatic rings. The van der Waals surface area contributed by atoms with Gasteiger partial charge in [0.25, 0.3) is 0 Å². The summed E-state index contributed by atoms with van der Waals surface area (Å²) in [5.41, 5.74) is 26.4. The maximum atomic E-state index is 12.9. The molecule has 0 aromatic carbocycles. The van der Waals surface area contributed by atoms with Gasteiger partial charge in [-0.3, -0.25) is 48.6 Å². The number of carbonyl (C=O) groups is 6. The van der Waals surface area contributed by atoms with Crippen molar-refractivity contribution in [2.45, 2.75) is 102 Å². The Morgan fingerprint density at radius 2 is 1.30 bits per heavy atom. The average molecular weight is 710 g/mol. The number of nitrogens with one attached hydrogen (secondary N) is 4. The lowest BCUT2D eigenvalue weighted by Gasteiger charge is -2.39. The van der Waals surface area contributed by atoms with Gasteiger partial charge in [0.05, 0.1) is 30.7 Å². The molecule has 19 heteroatoms. The Balaban J connectivity index is 0.000000562. The topological polar surface area (TPSA) is 312 Å². The lowest BCUT2D eigenvalue weighted by Crippen LogP contribution is -2.66. The highest BCUT2D eigenvalue weighted by Crippen LogP contribution is 2.16. The monoisotopic (exact) mass is 709 g/mol. The van der Waals surface area contributed by atoms with E-state index in [9.17, 15) is 28.8 Å². The van der Waals surface area contributed by atoms with E-state index in [0.717, 1.165) is 19.3 Å². The molecule has 3 saturated heterocycles. The number of ketones is 2. The molecule has 3 fully saturated rings. The number of nitrogens with two attached hydrogens (primary N) is 5. The Hall–Kier alpha value is -4.36. The molecule has 3 rings (SSSR count). The summed E-state index contributed by atoms with van der Waals surface area (Å²) in [5, 5.41) is 11.2. The summed E-state index contributed by atoms with van der Waals surface area (Å²) >= 11 is 0. The largest absolute Gasteiger partial charge is 0.370 e. The molecule has 19 nitrogen and oxygen atoms in total. The van der Waals surface area contributed by atoms with Crippen LogP contribution >= 0.6 is 0 Å². The van der Waals surface area contributed by atoms with Gasteiger partial charge >= 0.3 is 0 Å². The summed E-state index contributed by atoms with van der Waals surface area (Å²) in [6.07, 6.45) is 4.93. The van der Waals surface area contributed by atoms with Gasteiger partial charge in [0.2, 0.25) is 23.6 Å². The fraction of sp³-hybridized carbons (Fsp3) is 0.742. The molecule has 3 aliphatic heterocycles. The Bertz CT molecular complexity index is 1240. The number of guanidine groups is 2. The molecule has 0 radical (unpaired) electrons. The number of aliphatic imine (C=N–C) groups is 2. The second kappa shape index (κ2) is 21.7. The van der Waals surface area contributed by atoms with E-state index < -0.39 is 30.1 Å². The number of carbonyl (C=O) groups excluding carboxylic acids is 6. The van der Waals surface area contributed by atoms with E-state index >= 15 is 0 Å². The zero-order valence-corrected chi connectivity index (χ0v) is 28.8. The van der Waals surface area contributed by atoms with Crippen molar-refractivity contribution in [2.75, 3.05) is 46.3 Å². The molecule has 0 aliphatic carbocycles. The summed E-state index contributed by atoms with van der Waals surface area (Å²) in [6.45, 7) is 5.29. The zero-order chi connectivity index (χ0) is 36.7. The maximum Gasteiger partial charge on any atom is 0.241 e. The predicted molar refractivity (Wildman–Crippen MR) is 190 cm³/mol. The van der Waals surface area contributed by atoms with Crippen LogP contribution in [-0.2, 0) is 28.8 Å². The predicted octanol–water partition coefficient (Wildman–Crippen LogP) is -4.03. The highest BCUT2D eigenvalue weighted by atomic mass is 16.2. The number of likely N-dealkylation sites (N-methyl/N-ethyl adjacent to an activating group) is 1. The van der Waals surface area contributed by atoms with Gasteiger partial charge in [0.15, 0.2) is 23.5 Å². The smallest absolute Gasteiger partial charge is 0.241 e. The average Bonchev–Trinajstić information content (AvgIpc) is 3.02. The third-order valence-electron chi connectivity index (χ3n) is 8.59. The van der Waals surface area contributed by atoms with Crippen molar-refractivity contribution in [3.8, 4) is 0 Å². The molecule has 0 spiro atoms. The van der Waals surface area contributed by atoms with Gasteiger partial charge in [0.1, 0.15) is 12.1 Å². The highest BCUT2D eigenvalue weighted by molar-refractivity contribution is 5.95. The Labute approximate surface area is 294 Å². The third-order valence-corrected chi connectivity index (χ3v) is 8.59. The molecule has 14 N–H and O–H groups in total. The minimum absolute atomic E-state index is 0. The van der Waals surface area contributed by atoms with Crippen molar-refractivity contribution in [3.05, 3.63) is 0 Å². The molecule has 0 saturated carbocycles. The molecule has 3 heterocycles. The number of unbranched alkanes of at least 4 members (excludes halogenated alkanes) is 1. The number of Topliss-reactive ketones (excluding diaryl/α,β-unsaturated/α-hetero) is 2. The fourth-order valence-electron chi connectivity index (χ4n) is 5.81. The summed E-state index contributed by atoms with van der Waals surface area (Å²) in [5.74, 6) is -1.57. The normalized spacial score (nSPS) is 25.3. The van der Waals surface area contributed by atoms with Crippen molar-refractivity contribution in [1.29, 1.82) is 0 Å². The summed E-state index contributed by atoms with van der Waals surface area (Å²) in [7, 11) is 1.85. The van der Waals surface area contributed by atoms with Crippen LogP contribution < -0.4 is 49.9 Å². The quantitative estimate of drug-likeness (QED) is 0.0419. The zero-order valence-electron chi connectivity index (χ0n) is 28.8. The van der Waals surface area contributed by atoms with Gasteiger partial charge in [-0.2, -0.15) is 0 Å². The van der Waals surface area contributed by atoms with Crippen LogP contribution in [0.1, 0.15) is 66.2 Å². The first-order chi connectivity index (χ1) is 23.1. The molecular weight excluding hydrogens is 650 g/mol. The molecule has 6 atom stereocenters. The van der Waals surface area contributed by atoms with Crippen molar-refractivity contribution in [1.82, 2.24) is 31.1 Å². The number of piperazine rings is 3. The van der Waals surface area contributed by atoms with Gasteiger partial charge in [-0.1, -0.05) is 27.2 Å². The fourth-order valence-corrected chi connectivity index (χ4v) is 5.81. The van der Waals surface area contributed by atoms with E-state index in [1.54, 1.807) is 4.90 Å². The number of rotatable bonds is 16. The number of hydrogen-bond donors (Lipinski definition) is 9. The van der Waals surface area contributed by atoms with Crippen LogP contribution in [0.4, 0.5) is 0 Å². The first-order valence-corrected chi connectivity index (χ1v) is 16.7. The Morgan fingerprint density at radius 1 is 0.760 bits per heavy atom. The second-order valence-corrected chi connectivity index (χ2v) is 12.6. The van der Waals surface area contributed by atoms with Gasteiger partial charge in [-0.05, 0) is 46.1 Å². The van der Waals surface area contributed by atoms with Crippen molar-refractivity contribution >= 4 is 47.1 Å². The third kappa shape index (κ3) is 14.2. The molecule has 0 unspecified atom stereocenters. The van der Waals surface area contributed by atoms with Gasteiger partial charge < -0.3 is 49.9 Å². The van der Waals surface area contributed by atoms with Crippen LogP contribution in [0.2, 0.25) is 0 Å². The summed E-state index contributed by atoms with van der Waals surface area (Å²) < 4.78 is 0. The molecule has 3 aliphatic rings. The van der Waals surface area contributed by atoms with E-state index in [1.807, 2.05) is 11.9 Å². The van der Waals surface area contributed by atoms with E-state index in [2.05, 4.69) is 38.2 Å². The molecule has 4 amide bonds. The van der Waals surface area contributed by atoms with Gasteiger partial charge in [-0.25, -0.2) is 0 Å². The van der Waals surface area contributed by atoms with Crippen LogP contribution in [0, 0.1) is 0 Å². The molecule has 50 heavy (non-hydrogen) atoms. The van der Waals surface area contributed by atoms with Crippen molar-refractivity contribution in [2.24, 2.45) is 38.7 Å². The highest BCUT2D eigenvalue weighted by Gasteiger charge is 2.39. The van der Waals surface area contributed by atoms with Gasteiger partial charge in [0, 0.05) is 32.7 Å².